The van der Waals surface area contributed by atoms with Crippen LogP contribution in [-0.2, 0) is 0 Å². The molecule has 0 fully saturated rings. The van der Waals surface area contributed by atoms with Crippen molar-refractivity contribution in [3.8, 4) is 17.0 Å². The average molecular weight is 372 g/mol. The highest BCUT2D eigenvalue weighted by Gasteiger charge is 2.16. The monoisotopic (exact) mass is 372 g/mol. The summed E-state index contributed by atoms with van der Waals surface area (Å²) in [5.41, 5.74) is 6.10. The smallest absolute Gasteiger partial charge is 0.143 e. The summed E-state index contributed by atoms with van der Waals surface area (Å²) in [7, 11) is 5.76. The highest BCUT2D eigenvalue weighted by molar-refractivity contribution is 5.81. The van der Waals surface area contributed by atoms with Crippen LogP contribution in [0.2, 0.25) is 0 Å². The van der Waals surface area contributed by atoms with Gasteiger partial charge in [-0.05, 0) is 48.9 Å². The van der Waals surface area contributed by atoms with Crippen LogP contribution in [0.3, 0.4) is 0 Å². The van der Waals surface area contributed by atoms with E-state index >= 15 is 0 Å². The second kappa shape index (κ2) is 7.27. The van der Waals surface area contributed by atoms with Gasteiger partial charge < -0.3 is 15.0 Å². The number of nitrogens with zero attached hydrogens (tertiary/aromatic N) is 3. The molecule has 0 aliphatic rings. The number of rotatable bonds is 5. The lowest BCUT2D eigenvalue weighted by Crippen LogP contribution is -2.08. The Morgan fingerprint density at radius 2 is 1.75 bits per heavy atom. The van der Waals surface area contributed by atoms with Crippen molar-refractivity contribution >= 4 is 22.8 Å². The van der Waals surface area contributed by atoms with Crippen LogP contribution in [0, 0.1) is 6.92 Å². The van der Waals surface area contributed by atoms with Gasteiger partial charge in [0.15, 0.2) is 0 Å². The normalized spacial score (nSPS) is 10.9. The first-order chi connectivity index (χ1) is 13.6. The zero-order valence-corrected chi connectivity index (χ0v) is 16.6. The van der Waals surface area contributed by atoms with Crippen LogP contribution in [0.15, 0.2) is 66.9 Å². The van der Waals surface area contributed by atoms with Gasteiger partial charge in [0.2, 0.25) is 0 Å². The van der Waals surface area contributed by atoms with Crippen molar-refractivity contribution in [1.82, 2.24) is 9.38 Å². The molecule has 2 heterocycles. The Balaban J connectivity index is 1.87. The van der Waals surface area contributed by atoms with Gasteiger partial charge in [-0.2, -0.15) is 0 Å². The number of anilines is 3. The maximum absolute atomic E-state index is 5.52. The number of fused-ring (bicyclic) bond motifs is 1. The number of benzene rings is 2. The molecule has 0 aliphatic carbocycles. The third kappa shape index (κ3) is 3.27. The third-order valence-corrected chi connectivity index (χ3v) is 4.80. The molecule has 0 bridgehead atoms. The molecular weight excluding hydrogens is 348 g/mol. The second-order valence-electron chi connectivity index (χ2n) is 7.01. The van der Waals surface area contributed by atoms with Crippen LogP contribution in [0.25, 0.3) is 16.9 Å². The molecule has 2 aromatic heterocycles. The van der Waals surface area contributed by atoms with Gasteiger partial charge in [-0.3, -0.25) is 4.40 Å². The summed E-state index contributed by atoms with van der Waals surface area (Å²) in [6, 6.07) is 20.5. The van der Waals surface area contributed by atoms with Gasteiger partial charge in [-0.15, -0.1) is 0 Å². The molecule has 0 saturated carbocycles. The quantitative estimate of drug-likeness (QED) is 0.527. The van der Waals surface area contributed by atoms with E-state index in [1.165, 1.54) is 5.56 Å². The van der Waals surface area contributed by atoms with Crippen LogP contribution >= 0.6 is 0 Å². The Kier molecular flexibility index (Phi) is 4.65. The van der Waals surface area contributed by atoms with Crippen molar-refractivity contribution in [1.29, 1.82) is 0 Å². The summed E-state index contributed by atoms with van der Waals surface area (Å²) in [5, 5.41) is 3.54. The van der Waals surface area contributed by atoms with Gasteiger partial charge in [0.25, 0.3) is 0 Å². The van der Waals surface area contributed by atoms with Crippen molar-refractivity contribution in [3.63, 3.8) is 0 Å². The predicted octanol–water partition coefficient (Wildman–Crippen LogP) is 5.13. The Bertz CT molecular complexity index is 1110. The molecule has 0 saturated heterocycles. The summed E-state index contributed by atoms with van der Waals surface area (Å²) in [5.74, 6) is 1.70. The maximum atomic E-state index is 5.52. The van der Waals surface area contributed by atoms with E-state index in [1.54, 1.807) is 7.11 Å². The highest BCUT2D eigenvalue weighted by Crippen LogP contribution is 2.35. The molecule has 0 atom stereocenters. The third-order valence-electron chi connectivity index (χ3n) is 4.80. The summed E-state index contributed by atoms with van der Waals surface area (Å²) in [6.45, 7) is 2.08. The number of ether oxygens (including phenoxy) is 1. The Morgan fingerprint density at radius 1 is 1.00 bits per heavy atom. The Morgan fingerprint density at radius 3 is 2.46 bits per heavy atom. The van der Waals surface area contributed by atoms with Crippen LogP contribution < -0.4 is 15.0 Å². The fourth-order valence-electron chi connectivity index (χ4n) is 3.26. The molecule has 0 radical (unpaired) electrons. The molecule has 0 unspecified atom stereocenters. The predicted molar refractivity (Wildman–Crippen MR) is 116 cm³/mol. The fourth-order valence-corrected chi connectivity index (χ4v) is 3.26. The molecule has 28 heavy (non-hydrogen) atoms. The minimum absolute atomic E-state index is 0.790. The van der Waals surface area contributed by atoms with Crippen LogP contribution in [0.4, 0.5) is 17.2 Å². The van der Waals surface area contributed by atoms with Crippen LogP contribution in [0.5, 0.6) is 5.75 Å². The molecule has 142 valence electrons. The van der Waals surface area contributed by atoms with E-state index < -0.39 is 0 Å². The van der Waals surface area contributed by atoms with Gasteiger partial charge >= 0.3 is 0 Å². The lowest BCUT2D eigenvalue weighted by atomic mass is 10.1. The summed E-state index contributed by atoms with van der Waals surface area (Å²) in [4.78, 5) is 7.00. The standard InChI is InChI=1S/C23H24N4O/c1-16-13-14-27-21(15-16)25-22(17-9-11-18(12-10-17)26(2)3)23(27)24-19-7-5-6-8-20(19)28-4/h5-15,24H,1-4H3. The van der Waals surface area contributed by atoms with Gasteiger partial charge in [0.1, 0.15) is 22.9 Å². The molecule has 5 heteroatoms. The summed E-state index contributed by atoms with van der Waals surface area (Å²) in [6.07, 6.45) is 2.05. The first-order valence-electron chi connectivity index (χ1n) is 9.23. The number of aromatic nitrogens is 2. The minimum Gasteiger partial charge on any atom is -0.495 e. The van der Waals surface area contributed by atoms with E-state index in [-0.39, 0.29) is 0 Å². The van der Waals surface area contributed by atoms with E-state index in [0.29, 0.717) is 0 Å². The van der Waals surface area contributed by atoms with E-state index in [2.05, 4.69) is 57.9 Å². The minimum atomic E-state index is 0.790. The van der Waals surface area contributed by atoms with Gasteiger partial charge in [-0.1, -0.05) is 24.3 Å². The van der Waals surface area contributed by atoms with Gasteiger partial charge in [0, 0.05) is 31.5 Å². The molecule has 0 spiro atoms. The van der Waals surface area contributed by atoms with Crippen molar-refractivity contribution in [2.45, 2.75) is 6.92 Å². The first kappa shape index (κ1) is 17.9. The Hall–Kier alpha value is -3.47. The number of hydrogen-bond acceptors (Lipinski definition) is 4. The number of pyridine rings is 1. The Labute approximate surface area is 165 Å². The van der Waals surface area contributed by atoms with Crippen molar-refractivity contribution in [3.05, 3.63) is 72.4 Å². The van der Waals surface area contributed by atoms with E-state index in [0.717, 1.165) is 39.8 Å². The lowest BCUT2D eigenvalue weighted by molar-refractivity contribution is 0.417. The molecule has 0 aliphatic heterocycles. The van der Waals surface area contributed by atoms with Crippen LogP contribution in [-0.4, -0.2) is 30.6 Å². The number of para-hydroxylation sites is 2. The molecule has 5 nitrogen and oxygen atoms in total. The molecule has 1 N–H and O–H groups in total. The SMILES string of the molecule is COc1ccccc1Nc1c(-c2ccc(N(C)C)cc2)nc2cc(C)ccn12. The van der Waals surface area contributed by atoms with E-state index in [1.807, 2.05) is 44.6 Å². The molecular formula is C23H24N4O. The highest BCUT2D eigenvalue weighted by atomic mass is 16.5. The number of imidazole rings is 1. The van der Waals surface area contributed by atoms with Crippen LogP contribution in [0.1, 0.15) is 5.56 Å². The van der Waals surface area contributed by atoms with Gasteiger partial charge in [0.05, 0.1) is 12.8 Å². The maximum Gasteiger partial charge on any atom is 0.143 e. The average Bonchev–Trinajstić information content (AvgIpc) is 3.06. The van der Waals surface area contributed by atoms with Crippen molar-refractivity contribution in [2.75, 3.05) is 31.4 Å². The second-order valence-corrected chi connectivity index (χ2v) is 7.01. The summed E-state index contributed by atoms with van der Waals surface area (Å²) >= 11 is 0. The molecule has 2 aromatic carbocycles. The number of aryl methyl sites for hydroxylation is 1. The van der Waals surface area contributed by atoms with Gasteiger partial charge in [-0.25, -0.2) is 4.98 Å². The topological polar surface area (TPSA) is 41.8 Å². The zero-order valence-electron chi connectivity index (χ0n) is 16.6. The largest absolute Gasteiger partial charge is 0.495 e. The zero-order chi connectivity index (χ0) is 19.7. The lowest BCUT2D eigenvalue weighted by Gasteiger charge is -2.14. The first-order valence-corrected chi connectivity index (χ1v) is 9.23. The number of methoxy groups -OCH3 is 1. The fraction of sp³-hybridized carbons (Fsp3) is 0.174. The molecule has 0 amide bonds. The molecule has 4 rings (SSSR count). The van der Waals surface area contributed by atoms with E-state index in [4.69, 9.17) is 9.72 Å². The van der Waals surface area contributed by atoms with E-state index in [9.17, 15) is 0 Å². The summed E-state index contributed by atoms with van der Waals surface area (Å²) < 4.78 is 7.59. The number of hydrogen-bond donors (Lipinski definition) is 1. The number of nitrogens with one attached hydrogen (secondary N) is 1. The molecule has 4 aromatic rings. The van der Waals surface area contributed by atoms with Crippen molar-refractivity contribution in [2.24, 2.45) is 0 Å². The van der Waals surface area contributed by atoms with Crippen molar-refractivity contribution < 1.29 is 4.74 Å².